The number of aromatic nitrogens is 1. The Morgan fingerprint density at radius 2 is 1.56 bits per heavy atom. The van der Waals surface area contributed by atoms with Crippen LogP contribution in [0.15, 0.2) is 87.5 Å². The zero-order valence-corrected chi connectivity index (χ0v) is 17.9. The fourth-order valence-electron chi connectivity index (χ4n) is 3.46. The van der Waals surface area contributed by atoms with Crippen molar-refractivity contribution in [3.8, 4) is 5.75 Å². The molecule has 0 radical (unpaired) electrons. The van der Waals surface area contributed by atoms with E-state index in [4.69, 9.17) is 4.74 Å². The Morgan fingerprint density at radius 1 is 0.906 bits per heavy atom. The van der Waals surface area contributed by atoms with Gasteiger partial charge in [-0.15, -0.1) is 0 Å². The summed E-state index contributed by atoms with van der Waals surface area (Å²) in [6.07, 6.45) is 1.25. The van der Waals surface area contributed by atoms with Crippen LogP contribution in [0.3, 0.4) is 0 Å². The summed E-state index contributed by atoms with van der Waals surface area (Å²) in [5, 5.41) is -0.0564. The van der Waals surface area contributed by atoms with Gasteiger partial charge in [0.1, 0.15) is 22.3 Å². The van der Waals surface area contributed by atoms with Crippen LogP contribution in [0.5, 0.6) is 5.75 Å². The van der Waals surface area contributed by atoms with Crippen molar-refractivity contribution in [3.05, 3.63) is 100 Å². The van der Waals surface area contributed by atoms with Crippen LogP contribution in [-0.2, 0) is 16.4 Å². The van der Waals surface area contributed by atoms with Crippen LogP contribution >= 0.6 is 0 Å². The van der Waals surface area contributed by atoms with E-state index >= 15 is 0 Å². The van der Waals surface area contributed by atoms with Gasteiger partial charge in [-0.2, -0.15) is 0 Å². The summed E-state index contributed by atoms with van der Waals surface area (Å²) in [4.78, 5) is 12.5. The molecule has 32 heavy (non-hydrogen) atoms. The largest absolute Gasteiger partial charge is 0.494 e. The second kappa shape index (κ2) is 8.55. The molecule has 0 amide bonds. The lowest BCUT2D eigenvalue weighted by Gasteiger charge is -2.14. The van der Waals surface area contributed by atoms with Gasteiger partial charge in [-0.05, 0) is 67.1 Å². The highest BCUT2D eigenvalue weighted by atomic mass is 32.2. The molecule has 1 aromatic heterocycles. The van der Waals surface area contributed by atoms with E-state index in [-0.39, 0.29) is 16.8 Å². The first-order valence-corrected chi connectivity index (χ1v) is 11.3. The van der Waals surface area contributed by atoms with Crippen molar-refractivity contribution in [1.29, 1.82) is 0 Å². The van der Waals surface area contributed by atoms with Gasteiger partial charge in [0.2, 0.25) is 15.3 Å². The number of hydrogen-bond donors (Lipinski definition) is 0. The zero-order chi connectivity index (χ0) is 22.9. The first-order valence-electron chi connectivity index (χ1n) is 9.84. The molecule has 0 unspecified atom stereocenters. The van der Waals surface area contributed by atoms with Gasteiger partial charge in [-0.25, -0.2) is 17.2 Å². The topological polar surface area (TPSA) is 65.4 Å². The minimum Gasteiger partial charge on any atom is -0.494 e. The van der Waals surface area contributed by atoms with E-state index in [2.05, 4.69) is 0 Å². The molecule has 0 aliphatic heterocycles. The van der Waals surface area contributed by atoms with Crippen molar-refractivity contribution in [1.82, 2.24) is 4.57 Å². The Kier molecular flexibility index (Phi) is 5.80. The molecular formula is C24H19F2NO4S. The fourth-order valence-corrected chi connectivity index (χ4v) is 4.83. The highest BCUT2D eigenvalue weighted by Crippen LogP contribution is 2.24. The fraction of sp³-hybridized carbons (Fsp3) is 0.125. The van der Waals surface area contributed by atoms with Gasteiger partial charge in [0.25, 0.3) is 0 Å². The molecule has 4 rings (SSSR count). The summed E-state index contributed by atoms with van der Waals surface area (Å²) in [6.45, 7) is 2.40. The molecule has 0 aliphatic carbocycles. The number of ether oxygens (including phenoxy) is 1. The molecule has 0 saturated heterocycles. The van der Waals surface area contributed by atoms with Crippen molar-refractivity contribution in [2.24, 2.45) is 0 Å². The molecule has 0 N–H and O–H groups in total. The van der Waals surface area contributed by atoms with E-state index < -0.39 is 31.8 Å². The van der Waals surface area contributed by atoms with Gasteiger partial charge in [-0.3, -0.25) is 4.79 Å². The Hall–Kier alpha value is -3.52. The summed E-state index contributed by atoms with van der Waals surface area (Å²) < 4.78 is 60.7. The van der Waals surface area contributed by atoms with E-state index in [1.807, 2.05) is 6.92 Å². The second-order valence-corrected chi connectivity index (χ2v) is 9.06. The molecule has 0 fully saturated rings. The van der Waals surface area contributed by atoms with E-state index in [9.17, 15) is 22.0 Å². The number of sulfone groups is 1. The number of benzene rings is 3. The van der Waals surface area contributed by atoms with Crippen molar-refractivity contribution in [2.75, 3.05) is 6.61 Å². The summed E-state index contributed by atoms with van der Waals surface area (Å²) in [5.74, 6) is -0.557. The Bertz CT molecular complexity index is 1440. The first kappa shape index (κ1) is 21.7. The molecule has 1 heterocycles. The van der Waals surface area contributed by atoms with Crippen LogP contribution in [0.25, 0.3) is 10.9 Å². The Morgan fingerprint density at radius 3 is 2.22 bits per heavy atom. The van der Waals surface area contributed by atoms with Crippen LogP contribution in [0, 0.1) is 11.6 Å². The lowest BCUT2D eigenvalue weighted by Crippen LogP contribution is -2.20. The summed E-state index contributed by atoms with van der Waals surface area (Å²) in [7, 11) is -4.20. The minimum atomic E-state index is -4.20. The smallest absolute Gasteiger partial charge is 0.211 e. The van der Waals surface area contributed by atoms with Crippen molar-refractivity contribution in [3.63, 3.8) is 0 Å². The predicted molar refractivity (Wildman–Crippen MR) is 117 cm³/mol. The molecular weight excluding hydrogens is 436 g/mol. The molecule has 3 aromatic carbocycles. The van der Waals surface area contributed by atoms with Crippen molar-refractivity contribution < 1.29 is 21.9 Å². The normalized spacial score (nSPS) is 11.6. The average Bonchev–Trinajstić information content (AvgIpc) is 2.77. The molecule has 8 heteroatoms. The van der Waals surface area contributed by atoms with Gasteiger partial charge >= 0.3 is 0 Å². The standard InChI is InChI=1S/C24H19F2NO4S/c1-2-31-19-8-10-20(11-9-19)32(29,30)23-15-27(14-16-3-5-17(25)6-4-16)22-12-7-18(26)13-21(22)24(23)28/h3-13,15H,2,14H2,1H3. The maximum absolute atomic E-state index is 13.9. The number of fused-ring (bicyclic) bond motifs is 1. The van der Waals surface area contributed by atoms with Crippen LogP contribution in [0.4, 0.5) is 8.78 Å². The second-order valence-electron chi connectivity index (χ2n) is 7.15. The lowest BCUT2D eigenvalue weighted by molar-refractivity contribution is 0.340. The summed E-state index contributed by atoms with van der Waals surface area (Å²) in [6, 6.07) is 15.1. The maximum Gasteiger partial charge on any atom is 0.211 e. The third-order valence-electron chi connectivity index (χ3n) is 5.01. The third-order valence-corrected chi connectivity index (χ3v) is 6.77. The molecule has 4 aromatic rings. The van der Waals surface area contributed by atoms with Crippen LogP contribution in [-0.4, -0.2) is 19.6 Å². The highest BCUT2D eigenvalue weighted by Gasteiger charge is 2.24. The van der Waals surface area contributed by atoms with Gasteiger partial charge in [-0.1, -0.05) is 12.1 Å². The van der Waals surface area contributed by atoms with Gasteiger partial charge < -0.3 is 9.30 Å². The SMILES string of the molecule is CCOc1ccc(S(=O)(=O)c2cn(Cc3ccc(F)cc3)c3ccc(F)cc3c2=O)cc1. The van der Waals surface area contributed by atoms with Crippen LogP contribution in [0.2, 0.25) is 0 Å². The molecule has 0 aliphatic rings. The third kappa shape index (κ3) is 4.13. The molecule has 0 saturated carbocycles. The van der Waals surface area contributed by atoms with Crippen molar-refractivity contribution in [2.45, 2.75) is 23.3 Å². The minimum absolute atomic E-state index is 0.0564. The Balaban J connectivity index is 1.89. The van der Waals surface area contributed by atoms with E-state index in [0.717, 1.165) is 6.07 Å². The predicted octanol–water partition coefficient (Wildman–Crippen LogP) is 4.56. The van der Waals surface area contributed by atoms with E-state index in [1.54, 1.807) is 16.7 Å². The lowest BCUT2D eigenvalue weighted by atomic mass is 10.1. The molecule has 164 valence electrons. The number of nitrogens with zero attached hydrogens (tertiary/aromatic N) is 1. The Labute approximate surface area is 183 Å². The molecule has 0 bridgehead atoms. The van der Waals surface area contributed by atoms with Crippen LogP contribution in [0.1, 0.15) is 12.5 Å². The van der Waals surface area contributed by atoms with Gasteiger partial charge in [0, 0.05) is 18.1 Å². The average molecular weight is 455 g/mol. The number of halogens is 2. The molecule has 5 nitrogen and oxygen atoms in total. The quantitative estimate of drug-likeness (QED) is 0.428. The highest BCUT2D eigenvalue weighted by molar-refractivity contribution is 7.91. The first-order chi connectivity index (χ1) is 15.3. The van der Waals surface area contributed by atoms with Crippen molar-refractivity contribution >= 4 is 20.7 Å². The number of rotatable bonds is 6. The molecule has 0 atom stereocenters. The molecule has 0 spiro atoms. The summed E-state index contributed by atoms with van der Waals surface area (Å²) >= 11 is 0. The summed E-state index contributed by atoms with van der Waals surface area (Å²) in [5.41, 5.74) is 0.264. The zero-order valence-electron chi connectivity index (χ0n) is 17.1. The number of pyridine rings is 1. The van der Waals surface area contributed by atoms with Gasteiger partial charge in [0.05, 0.1) is 17.0 Å². The van der Waals surface area contributed by atoms with Crippen LogP contribution < -0.4 is 10.2 Å². The maximum atomic E-state index is 13.9. The number of hydrogen-bond acceptors (Lipinski definition) is 4. The van der Waals surface area contributed by atoms with E-state index in [1.165, 1.54) is 54.7 Å². The van der Waals surface area contributed by atoms with E-state index in [0.29, 0.717) is 23.4 Å². The van der Waals surface area contributed by atoms with Gasteiger partial charge in [0.15, 0.2) is 0 Å². The monoisotopic (exact) mass is 455 g/mol.